The van der Waals surface area contributed by atoms with Gasteiger partial charge in [0.15, 0.2) is 0 Å². The molecule has 0 bridgehead atoms. The SMILES string of the molecule is Cc1ccc(Cn2nc(C)cc2NC(=O)c2nc3ncccn3n2)cc1. The van der Waals surface area contributed by atoms with Gasteiger partial charge in [-0.2, -0.15) is 10.1 Å². The zero-order valence-electron chi connectivity index (χ0n) is 14.4. The van der Waals surface area contributed by atoms with Gasteiger partial charge in [0.2, 0.25) is 5.82 Å². The molecule has 0 fully saturated rings. The average Bonchev–Trinajstić information content (AvgIpc) is 3.20. The normalized spacial score (nSPS) is 11.0. The summed E-state index contributed by atoms with van der Waals surface area (Å²) in [6, 6.07) is 11.7. The highest BCUT2D eigenvalue weighted by Crippen LogP contribution is 2.14. The molecule has 8 nitrogen and oxygen atoms in total. The average molecular weight is 347 g/mol. The van der Waals surface area contributed by atoms with Gasteiger partial charge in [-0.05, 0) is 25.5 Å². The lowest BCUT2D eigenvalue weighted by atomic mass is 10.1. The first-order valence-corrected chi connectivity index (χ1v) is 8.17. The van der Waals surface area contributed by atoms with E-state index in [9.17, 15) is 4.79 Å². The lowest BCUT2D eigenvalue weighted by Gasteiger charge is -2.08. The standard InChI is InChI=1S/C18H17N7O/c1-12-4-6-14(7-5-12)11-25-15(10-13(2)22-25)20-17(26)16-21-18-19-8-3-9-24(18)23-16/h3-10H,11H2,1-2H3,(H,20,26). The number of amides is 1. The van der Waals surface area contributed by atoms with E-state index < -0.39 is 5.91 Å². The number of anilines is 1. The van der Waals surface area contributed by atoms with E-state index in [0.29, 0.717) is 18.1 Å². The predicted molar refractivity (Wildman–Crippen MR) is 96.0 cm³/mol. The zero-order chi connectivity index (χ0) is 18.1. The van der Waals surface area contributed by atoms with Crippen LogP contribution in [0.5, 0.6) is 0 Å². The topological polar surface area (TPSA) is 90.0 Å². The number of aromatic nitrogens is 6. The number of aryl methyl sites for hydroxylation is 2. The molecule has 0 atom stereocenters. The number of nitrogens with zero attached hydrogens (tertiary/aromatic N) is 6. The maximum Gasteiger partial charge on any atom is 0.296 e. The molecule has 0 aliphatic carbocycles. The summed E-state index contributed by atoms with van der Waals surface area (Å²) in [6.45, 7) is 4.49. The van der Waals surface area contributed by atoms with E-state index in [0.717, 1.165) is 11.3 Å². The number of carbonyl (C=O) groups is 1. The molecule has 0 unspecified atom stereocenters. The van der Waals surface area contributed by atoms with E-state index in [1.165, 1.54) is 10.1 Å². The molecule has 4 rings (SSSR count). The van der Waals surface area contributed by atoms with E-state index in [1.807, 2.05) is 32.0 Å². The van der Waals surface area contributed by atoms with Gasteiger partial charge in [0.1, 0.15) is 5.82 Å². The van der Waals surface area contributed by atoms with Crippen LogP contribution in [0.2, 0.25) is 0 Å². The van der Waals surface area contributed by atoms with E-state index in [2.05, 4.69) is 37.6 Å². The van der Waals surface area contributed by atoms with Gasteiger partial charge in [0.25, 0.3) is 11.7 Å². The van der Waals surface area contributed by atoms with Crippen LogP contribution in [0.25, 0.3) is 5.78 Å². The number of carbonyl (C=O) groups excluding carboxylic acids is 1. The number of fused-ring (bicyclic) bond motifs is 1. The Morgan fingerprint density at radius 3 is 2.73 bits per heavy atom. The van der Waals surface area contributed by atoms with Crippen molar-refractivity contribution in [2.45, 2.75) is 20.4 Å². The largest absolute Gasteiger partial charge is 0.304 e. The number of benzene rings is 1. The van der Waals surface area contributed by atoms with E-state index >= 15 is 0 Å². The third-order valence-electron chi connectivity index (χ3n) is 3.92. The van der Waals surface area contributed by atoms with Crippen molar-refractivity contribution in [1.29, 1.82) is 0 Å². The van der Waals surface area contributed by atoms with Crippen LogP contribution in [0.4, 0.5) is 5.82 Å². The van der Waals surface area contributed by atoms with Gasteiger partial charge in [-0.25, -0.2) is 14.2 Å². The van der Waals surface area contributed by atoms with Crippen molar-refractivity contribution in [2.75, 3.05) is 5.32 Å². The molecule has 0 saturated carbocycles. The van der Waals surface area contributed by atoms with Crippen molar-refractivity contribution in [3.8, 4) is 0 Å². The Labute approximate surface area is 149 Å². The van der Waals surface area contributed by atoms with Crippen LogP contribution in [-0.4, -0.2) is 35.3 Å². The summed E-state index contributed by atoms with van der Waals surface area (Å²) < 4.78 is 3.22. The Morgan fingerprint density at radius 1 is 1.15 bits per heavy atom. The Hall–Kier alpha value is -3.55. The fourth-order valence-corrected chi connectivity index (χ4v) is 2.63. The lowest BCUT2D eigenvalue weighted by molar-refractivity contribution is 0.101. The van der Waals surface area contributed by atoms with E-state index in [4.69, 9.17) is 0 Å². The first kappa shape index (κ1) is 15.9. The first-order valence-electron chi connectivity index (χ1n) is 8.17. The van der Waals surface area contributed by atoms with Crippen LogP contribution in [0.15, 0.2) is 48.8 Å². The minimum atomic E-state index is -0.402. The van der Waals surface area contributed by atoms with Crippen LogP contribution in [0.3, 0.4) is 0 Å². The second-order valence-electron chi connectivity index (χ2n) is 6.07. The molecular formula is C18H17N7O. The Bertz CT molecular complexity index is 1050. The second-order valence-corrected chi connectivity index (χ2v) is 6.07. The summed E-state index contributed by atoms with van der Waals surface area (Å²) in [4.78, 5) is 20.7. The Morgan fingerprint density at radius 2 is 1.96 bits per heavy atom. The predicted octanol–water partition coefficient (Wildman–Crippen LogP) is 2.24. The highest BCUT2D eigenvalue weighted by atomic mass is 16.2. The molecule has 26 heavy (non-hydrogen) atoms. The molecule has 0 saturated heterocycles. The van der Waals surface area contributed by atoms with Crippen molar-refractivity contribution in [3.05, 3.63) is 71.4 Å². The Balaban J connectivity index is 1.57. The second kappa shape index (κ2) is 6.40. The maximum absolute atomic E-state index is 12.5. The van der Waals surface area contributed by atoms with Gasteiger partial charge in [-0.15, -0.1) is 5.10 Å². The molecule has 1 amide bonds. The lowest BCUT2D eigenvalue weighted by Crippen LogP contribution is -2.17. The molecular weight excluding hydrogens is 330 g/mol. The van der Waals surface area contributed by atoms with Crippen LogP contribution in [0.1, 0.15) is 27.4 Å². The summed E-state index contributed by atoms with van der Waals surface area (Å²) in [7, 11) is 0. The molecule has 4 aromatic rings. The highest BCUT2D eigenvalue weighted by Gasteiger charge is 2.16. The number of hydrogen-bond donors (Lipinski definition) is 1. The minimum Gasteiger partial charge on any atom is -0.304 e. The van der Waals surface area contributed by atoms with Crippen molar-refractivity contribution in [3.63, 3.8) is 0 Å². The summed E-state index contributed by atoms with van der Waals surface area (Å²) in [5.74, 6) is 0.631. The molecule has 130 valence electrons. The molecule has 3 heterocycles. The highest BCUT2D eigenvalue weighted by molar-refractivity contribution is 6.01. The molecule has 8 heteroatoms. The fraction of sp³-hybridized carbons (Fsp3) is 0.167. The zero-order valence-corrected chi connectivity index (χ0v) is 14.4. The monoisotopic (exact) mass is 347 g/mol. The smallest absolute Gasteiger partial charge is 0.296 e. The third-order valence-corrected chi connectivity index (χ3v) is 3.92. The minimum absolute atomic E-state index is 0.0597. The van der Waals surface area contributed by atoms with Crippen LogP contribution < -0.4 is 5.32 Å². The quantitative estimate of drug-likeness (QED) is 0.611. The maximum atomic E-state index is 12.5. The molecule has 0 radical (unpaired) electrons. The number of hydrogen-bond acceptors (Lipinski definition) is 5. The molecule has 0 spiro atoms. The third kappa shape index (κ3) is 3.16. The first-order chi connectivity index (χ1) is 12.6. The Kier molecular flexibility index (Phi) is 3.92. The van der Waals surface area contributed by atoms with Crippen LogP contribution in [0, 0.1) is 13.8 Å². The van der Waals surface area contributed by atoms with Gasteiger partial charge in [0.05, 0.1) is 12.2 Å². The van der Waals surface area contributed by atoms with Crippen LogP contribution in [-0.2, 0) is 6.54 Å². The molecule has 0 aliphatic heterocycles. The van der Waals surface area contributed by atoms with Crippen molar-refractivity contribution in [1.82, 2.24) is 29.4 Å². The molecule has 1 aromatic carbocycles. The van der Waals surface area contributed by atoms with Crippen molar-refractivity contribution in [2.24, 2.45) is 0 Å². The van der Waals surface area contributed by atoms with Gasteiger partial charge in [0, 0.05) is 18.5 Å². The summed E-state index contributed by atoms with van der Waals surface area (Å²) in [6.07, 6.45) is 3.30. The molecule has 0 aliphatic rings. The molecule has 3 aromatic heterocycles. The van der Waals surface area contributed by atoms with Gasteiger partial charge in [-0.3, -0.25) is 4.79 Å². The van der Waals surface area contributed by atoms with Gasteiger partial charge >= 0.3 is 0 Å². The number of rotatable bonds is 4. The van der Waals surface area contributed by atoms with E-state index in [-0.39, 0.29) is 5.82 Å². The van der Waals surface area contributed by atoms with Gasteiger partial charge in [-0.1, -0.05) is 29.8 Å². The summed E-state index contributed by atoms with van der Waals surface area (Å²) >= 11 is 0. The van der Waals surface area contributed by atoms with Crippen molar-refractivity contribution < 1.29 is 4.79 Å². The van der Waals surface area contributed by atoms with E-state index in [1.54, 1.807) is 23.1 Å². The number of nitrogens with one attached hydrogen (secondary N) is 1. The van der Waals surface area contributed by atoms with Gasteiger partial charge < -0.3 is 5.32 Å². The molecule has 1 N–H and O–H groups in total. The fourth-order valence-electron chi connectivity index (χ4n) is 2.63. The van der Waals surface area contributed by atoms with Crippen molar-refractivity contribution >= 4 is 17.5 Å². The summed E-state index contributed by atoms with van der Waals surface area (Å²) in [5.41, 5.74) is 3.12. The summed E-state index contributed by atoms with van der Waals surface area (Å²) in [5, 5.41) is 11.4. The van der Waals surface area contributed by atoms with Crippen LogP contribution >= 0.6 is 0 Å².